The molecule has 0 aliphatic rings. The maximum absolute atomic E-state index is 6.20. The van der Waals surface area contributed by atoms with Crippen LogP contribution in [0.2, 0.25) is 5.02 Å². The van der Waals surface area contributed by atoms with Crippen LogP contribution < -0.4 is 5.73 Å². The summed E-state index contributed by atoms with van der Waals surface area (Å²) < 4.78 is 7.66. The Morgan fingerprint density at radius 1 is 1.65 bits per heavy atom. The summed E-state index contributed by atoms with van der Waals surface area (Å²) in [7, 11) is 0. The zero-order valence-electron chi connectivity index (χ0n) is 9.36. The molecule has 0 fully saturated rings. The highest BCUT2D eigenvalue weighted by atomic mass is 79.9. The Morgan fingerprint density at radius 3 is 3.00 bits per heavy atom. The molecule has 2 heterocycles. The summed E-state index contributed by atoms with van der Waals surface area (Å²) in [5, 5.41) is 4.81. The van der Waals surface area contributed by atoms with Gasteiger partial charge in [0.2, 0.25) is 0 Å². The van der Waals surface area contributed by atoms with Gasteiger partial charge in [-0.25, -0.2) is 0 Å². The Hall–Kier alpha value is -0.780. The molecule has 2 aromatic rings. The van der Waals surface area contributed by atoms with Gasteiger partial charge in [0.25, 0.3) is 0 Å². The van der Waals surface area contributed by atoms with Crippen LogP contribution in [0.15, 0.2) is 27.6 Å². The van der Waals surface area contributed by atoms with Crippen molar-refractivity contribution in [1.29, 1.82) is 0 Å². The molecule has 0 saturated carbocycles. The molecule has 0 spiro atoms. The minimum absolute atomic E-state index is 0.343. The van der Waals surface area contributed by atoms with E-state index in [2.05, 4.69) is 28.0 Å². The van der Waals surface area contributed by atoms with Crippen LogP contribution in [0.25, 0.3) is 0 Å². The number of hydrogen-bond acceptors (Lipinski definition) is 3. The summed E-state index contributed by atoms with van der Waals surface area (Å²) in [6.07, 6.45) is 4.19. The van der Waals surface area contributed by atoms with E-state index in [4.69, 9.17) is 21.8 Å². The molecule has 2 rings (SSSR count). The fourth-order valence-corrected chi connectivity index (χ4v) is 2.49. The summed E-state index contributed by atoms with van der Waals surface area (Å²) in [5.74, 6) is 0. The number of furan rings is 1. The van der Waals surface area contributed by atoms with Crippen LogP contribution in [0.1, 0.15) is 30.6 Å². The number of hydrogen-bond donors (Lipinski definition) is 1. The molecule has 0 amide bonds. The van der Waals surface area contributed by atoms with E-state index in [1.54, 1.807) is 12.5 Å². The molecule has 17 heavy (non-hydrogen) atoms. The first-order chi connectivity index (χ1) is 8.15. The fraction of sp³-hybridized carbons (Fsp3) is 0.364. The molecule has 0 aliphatic carbocycles. The Labute approximate surface area is 113 Å². The van der Waals surface area contributed by atoms with Crippen molar-refractivity contribution < 1.29 is 4.42 Å². The van der Waals surface area contributed by atoms with Crippen molar-refractivity contribution in [2.75, 3.05) is 0 Å². The number of halogens is 2. The van der Waals surface area contributed by atoms with Crippen molar-refractivity contribution in [3.8, 4) is 0 Å². The molecule has 6 heteroatoms. The summed E-state index contributed by atoms with van der Waals surface area (Å²) in [6, 6.07) is 1.48. The fourth-order valence-electron chi connectivity index (χ4n) is 1.74. The van der Waals surface area contributed by atoms with Gasteiger partial charge in [-0.05, 0) is 28.4 Å². The summed E-state index contributed by atoms with van der Waals surface area (Å²) >= 11 is 9.46. The first kappa shape index (κ1) is 12.7. The van der Waals surface area contributed by atoms with E-state index in [-0.39, 0.29) is 6.04 Å². The quantitative estimate of drug-likeness (QED) is 0.940. The second-order valence-electron chi connectivity index (χ2n) is 3.73. The molecular weight excluding hydrogens is 305 g/mol. The average molecular weight is 319 g/mol. The maximum atomic E-state index is 6.20. The Balaban J connectivity index is 2.39. The average Bonchev–Trinajstić information content (AvgIpc) is 2.86. The first-order valence-corrected chi connectivity index (χ1v) is 6.52. The Kier molecular flexibility index (Phi) is 3.91. The second-order valence-corrected chi connectivity index (χ2v) is 4.86. The molecule has 0 bridgehead atoms. The maximum Gasteiger partial charge on any atom is 0.174 e. The third-order valence-corrected chi connectivity index (χ3v) is 3.48. The topological polar surface area (TPSA) is 57.0 Å². The van der Waals surface area contributed by atoms with E-state index < -0.39 is 0 Å². The molecule has 92 valence electrons. The normalized spacial score (nSPS) is 12.9. The number of aromatic nitrogens is 2. The van der Waals surface area contributed by atoms with Crippen molar-refractivity contribution in [2.24, 2.45) is 5.73 Å². The van der Waals surface area contributed by atoms with Crippen LogP contribution in [0, 0.1) is 0 Å². The molecule has 0 saturated heterocycles. The van der Waals surface area contributed by atoms with Gasteiger partial charge >= 0.3 is 0 Å². The van der Waals surface area contributed by atoms with Crippen molar-refractivity contribution in [1.82, 2.24) is 9.78 Å². The molecule has 1 unspecified atom stereocenters. The predicted octanol–water partition coefficient (Wildman–Crippen LogP) is 3.35. The van der Waals surface area contributed by atoms with Crippen LogP contribution in [0.3, 0.4) is 0 Å². The lowest BCUT2D eigenvalue weighted by atomic mass is 10.1. The van der Waals surface area contributed by atoms with Gasteiger partial charge in [-0.1, -0.05) is 18.5 Å². The molecule has 2 aromatic heterocycles. The van der Waals surface area contributed by atoms with Gasteiger partial charge in [-0.3, -0.25) is 4.68 Å². The summed E-state index contributed by atoms with van der Waals surface area (Å²) in [4.78, 5) is 0. The van der Waals surface area contributed by atoms with Gasteiger partial charge in [0, 0.05) is 12.1 Å². The van der Waals surface area contributed by atoms with E-state index in [9.17, 15) is 0 Å². The van der Waals surface area contributed by atoms with Crippen LogP contribution in [0.5, 0.6) is 0 Å². The molecule has 0 aliphatic heterocycles. The lowest BCUT2D eigenvalue weighted by Crippen LogP contribution is -2.18. The van der Waals surface area contributed by atoms with Gasteiger partial charge in [0.15, 0.2) is 4.67 Å². The van der Waals surface area contributed by atoms with Crippen molar-refractivity contribution in [2.45, 2.75) is 25.9 Å². The molecule has 1 atom stereocenters. The van der Waals surface area contributed by atoms with E-state index in [0.717, 1.165) is 24.2 Å². The van der Waals surface area contributed by atoms with Crippen LogP contribution >= 0.6 is 27.5 Å². The SMILES string of the molecule is CCCn1ncc(Cl)c1C(N)c1ccoc1Br. The largest absolute Gasteiger partial charge is 0.457 e. The third kappa shape index (κ3) is 2.41. The zero-order valence-corrected chi connectivity index (χ0v) is 11.7. The number of rotatable bonds is 4. The monoisotopic (exact) mass is 317 g/mol. The van der Waals surface area contributed by atoms with Crippen molar-refractivity contribution >= 4 is 27.5 Å². The predicted molar refractivity (Wildman–Crippen MR) is 70.0 cm³/mol. The molecule has 0 aromatic carbocycles. The standard InChI is InChI=1S/C11H13BrClN3O/c1-2-4-16-10(8(13)6-15-16)9(14)7-3-5-17-11(7)12/h3,5-6,9H,2,4,14H2,1H3. The first-order valence-electron chi connectivity index (χ1n) is 5.34. The van der Waals surface area contributed by atoms with Crippen molar-refractivity contribution in [3.63, 3.8) is 0 Å². The zero-order chi connectivity index (χ0) is 12.4. The minimum Gasteiger partial charge on any atom is -0.457 e. The van der Waals surface area contributed by atoms with Gasteiger partial charge in [-0.2, -0.15) is 5.10 Å². The Bertz CT molecular complexity index is 509. The summed E-state index contributed by atoms with van der Waals surface area (Å²) in [6.45, 7) is 2.88. The van der Waals surface area contributed by atoms with E-state index in [1.165, 1.54) is 0 Å². The highest BCUT2D eigenvalue weighted by molar-refractivity contribution is 9.10. The number of nitrogens with two attached hydrogens (primary N) is 1. The summed E-state index contributed by atoms with van der Waals surface area (Å²) in [5.41, 5.74) is 7.88. The van der Waals surface area contributed by atoms with Gasteiger partial charge in [-0.15, -0.1) is 0 Å². The van der Waals surface area contributed by atoms with E-state index >= 15 is 0 Å². The van der Waals surface area contributed by atoms with Crippen molar-refractivity contribution in [3.05, 3.63) is 39.5 Å². The van der Waals surface area contributed by atoms with Gasteiger partial charge in [0.1, 0.15) is 0 Å². The Morgan fingerprint density at radius 2 is 2.41 bits per heavy atom. The highest BCUT2D eigenvalue weighted by Gasteiger charge is 2.21. The second kappa shape index (κ2) is 5.25. The van der Waals surface area contributed by atoms with Crippen LogP contribution in [-0.4, -0.2) is 9.78 Å². The smallest absolute Gasteiger partial charge is 0.174 e. The number of aryl methyl sites for hydroxylation is 1. The number of nitrogens with zero attached hydrogens (tertiary/aromatic N) is 2. The lowest BCUT2D eigenvalue weighted by Gasteiger charge is -2.13. The van der Waals surface area contributed by atoms with Crippen LogP contribution in [-0.2, 0) is 6.54 Å². The van der Waals surface area contributed by atoms with Crippen LogP contribution in [0.4, 0.5) is 0 Å². The molecule has 4 nitrogen and oxygen atoms in total. The lowest BCUT2D eigenvalue weighted by molar-refractivity contribution is 0.527. The molecular formula is C11H13BrClN3O. The molecule has 0 radical (unpaired) electrons. The molecule has 2 N–H and O–H groups in total. The van der Waals surface area contributed by atoms with Gasteiger partial charge in [0.05, 0.1) is 29.2 Å². The third-order valence-electron chi connectivity index (χ3n) is 2.54. The van der Waals surface area contributed by atoms with Gasteiger partial charge < -0.3 is 10.2 Å². The minimum atomic E-state index is -0.343. The highest BCUT2D eigenvalue weighted by Crippen LogP contribution is 2.31. The van der Waals surface area contributed by atoms with E-state index in [1.807, 2.05) is 10.7 Å². The van der Waals surface area contributed by atoms with E-state index in [0.29, 0.717) is 9.69 Å².